The average molecular weight is 332 g/mol. The first kappa shape index (κ1) is 17.0. The van der Waals surface area contributed by atoms with E-state index in [1.54, 1.807) is 42.5 Å². The van der Waals surface area contributed by atoms with Crippen molar-refractivity contribution < 1.29 is 13.5 Å². The molecule has 2 aromatic carbocycles. The zero-order valence-corrected chi connectivity index (χ0v) is 14.1. The van der Waals surface area contributed by atoms with Crippen LogP contribution in [0.15, 0.2) is 58.5 Å². The molecule has 0 spiro atoms. The van der Waals surface area contributed by atoms with Crippen molar-refractivity contribution >= 4 is 16.2 Å². The second-order valence-corrected chi connectivity index (χ2v) is 7.85. The van der Waals surface area contributed by atoms with Crippen molar-refractivity contribution in [1.29, 1.82) is 0 Å². The summed E-state index contributed by atoms with van der Waals surface area (Å²) in [4.78, 5) is 2.28. The van der Waals surface area contributed by atoms with E-state index in [0.717, 1.165) is 5.56 Å². The fourth-order valence-corrected chi connectivity index (χ4v) is 2.74. The Labute approximate surface area is 136 Å². The lowest BCUT2D eigenvalue weighted by Gasteiger charge is -2.19. The normalized spacial score (nSPS) is 12.5. The molecular weight excluding hydrogens is 312 g/mol. The molecule has 0 aliphatic rings. The van der Waals surface area contributed by atoms with Gasteiger partial charge in [-0.15, -0.1) is 0 Å². The van der Waals surface area contributed by atoms with Gasteiger partial charge in [-0.25, -0.2) is 4.83 Å². The van der Waals surface area contributed by atoms with E-state index in [9.17, 15) is 13.5 Å². The number of nitrogens with one attached hydrogen (secondary N) is 1. The van der Waals surface area contributed by atoms with Gasteiger partial charge < -0.3 is 5.11 Å². The molecule has 0 saturated carbocycles. The Morgan fingerprint density at radius 3 is 2.22 bits per heavy atom. The van der Waals surface area contributed by atoms with Crippen LogP contribution in [-0.4, -0.2) is 19.7 Å². The number of benzene rings is 2. The Kier molecular flexibility index (Phi) is 4.75. The van der Waals surface area contributed by atoms with E-state index in [1.807, 2.05) is 0 Å². The quantitative estimate of drug-likeness (QED) is 0.667. The molecule has 2 N–H and O–H groups in total. The molecule has 0 unspecified atom stereocenters. The van der Waals surface area contributed by atoms with Crippen molar-refractivity contribution in [1.82, 2.24) is 4.83 Å². The van der Waals surface area contributed by atoms with Gasteiger partial charge in [-0.1, -0.05) is 45.0 Å². The second-order valence-electron chi connectivity index (χ2n) is 6.19. The Bertz CT molecular complexity index is 804. The third-order valence-corrected chi connectivity index (χ3v) is 4.58. The first-order chi connectivity index (χ1) is 10.7. The van der Waals surface area contributed by atoms with Crippen molar-refractivity contribution in [3.63, 3.8) is 0 Å². The SMILES string of the molecule is CC(C)(C)c1ccc(S(=O)(=O)NN=Cc2ccccc2O)cc1. The van der Waals surface area contributed by atoms with Crippen LogP contribution in [0.25, 0.3) is 0 Å². The molecule has 0 atom stereocenters. The predicted octanol–water partition coefficient (Wildman–Crippen LogP) is 3.00. The van der Waals surface area contributed by atoms with E-state index >= 15 is 0 Å². The van der Waals surface area contributed by atoms with Crippen molar-refractivity contribution in [2.75, 3.05) is 0 Å². The third-order valence-electron chi connectivity index (χ3n) is 3.34. The molecule has 5 nitrogen and oxygen atoms in total. The van der Waals surface area contributed by atoms with Gasteiger partial charge >= 0.3 is 0 Å². The number of hydrogen-bond acceptors (Lipinski definition) is 4. The van der Waals surface area contributed by atoms with Gasteiger partial charge in [-0.3, -0.25) is 0 Å². The number of sulfonamides is 1. The fraction of sp³-hybridized carbons (Fsp3) is 0.235. The van der Waals surface area contributed by atoms with Gasteiger partial charge in [0.25, 0.3) is 10.0 Å². The lowest BCUT2D eigenvalue weighted by molar-refractivity contribution is 0.474. The van der Waals surface area contributed by atoms with E-state index in [0.29, 0.717) is 5.56 Å². The summed E-state index contributed by atoms with van der Waals surface area (Å²) < 4.78 is 24.4. The predicted molar refractivity (Wildman–Crippen MR) is 91.2 cm³/mol. The van der Waals surface area contributed by atoms with Gasteiger partial charge in [-0.05, 0) is 35.2 Å². The van der Waals surface area contributed by atoms with E-state index in [1.165, 1.54) is 12.3 Å². The van der Waals surface area contributed by atoms with Crippen LogP contribution in [0.4, 0.5) is 0 Å². The zero-order chi connectivity index (χ0) is 17.1. The molecule has 2 rings (SSSR count). The largest absolute Gasteiger partial charge is 0.507 e. The molecule has 0 bridgehead atoms. The first-order valence-electron chi connectivity index (χ1n) is 7.13. The number of phenolic OH excluding ortho intramolecular Hbond substituents is 1. The highest BCUT2D eigenvalue weighted by Crippen LogP contribution is 2.23. The number of aromatic hydroxyl groups is 1. The summed E-state index contributed by atoms with van der Waals surface area (Å²) in [6, 6.07) is 13.2. The molecule has 0 amide bonds. The van der Waals surface area contributed by atoms with E-state index < -0.39 is 10.0 Å². The standard InChI is InChI=1S/C17H20N2O3S/c1-17(2,3)14-8-10-15(11-9-14)23(21,22)19-18-12-13-6-4-5-7-16(13)20/h4-12,19-20H,1-3H3. The topological polar surface area (TPSA) is 78.8 Å². The molecule has 0 heterocycles. The van der Waals surface area contributed by atoms with Gasteiger partial charge in [0.1, 0.15) is 5.75 Å². The van der Waals surface area contributed by atoms with Gasteiger partial charge in [0, 0.05) is 5.56 Å². The fourth-order valence-electron chi connectivity index (χ4n) is 1.95. The number of rotatable bonds is 4. The molecule has 0 aliphatic carbocycles. The minimum atomic E-state index is -3.74. The molecule has 0 radical (unpaired) electrons. The molecule has 0 saturated heterocycles. The lowest BCUT2D eigenvalue weighted by Crippen LogP contribution is -2.19. The number of nitrogens with zero attached hydrogens (tertiary/aromatic N) is 1. The van der Waals surface area contributed by atoms with Crippen LogP contribution in [0.2, 0.25) is 0 Å². The molecule has 6 heteroatoms. The van der Waals surface area contributed by atoms with Gasteiger partial charge in [-0.2, -0.15) is 13.5 Å². The van der Waals surface area contributed by atoms with Crippen LogP contribution in [0, 0.1) is 0 Å². The molecule has 0 fully saturated rings. The van der Waals surface area contributed by atoms with Crippen LogP contribution in [-0.2, 0) is 15.4 Å². The van der Waals surface area contributed by atoms with Crippen LogP contribution in [0.3, 0.4) is 0 Å². The average Bonchev–Trinajstić information content (AvgIpc) is 2.48. The van der Waals surface area contributed by atoms with Crippen molar-refractivity contribution in [2.24, 2.45) is 5.10 Å². The molecule has 0 aromatic heterocycles. The van der Waals surface area contributed by atoms with Gasteiger partial charge in [0.05, 0.1) is 11.1 Å². The van der Waals surface area contributed by atoms with Crippen LogP contribution in [0.5, 0.6) is 5.75 Å². The second kappa shape index (κ2) is 6.42. The molecule has 122 valence electrons. The molecule has 2 aromatic rings. The third kappa shape index (κ3) is 4.32. The Hall–Kier alpha value is -2.34. The zero-order valence-electron chi connectivity index (χ0n) is 13.3. The van der Waals surface area contributed by atoms with E-state index in [2.05, 4.69) is 30.7 Å². The molecule has 0 aliphatic heterocycles. The molecule has 23 heavy (non-hydrogen) atoms. The highest BCUT2D eigenvalue weighted by Gasteiger charge is 2.16. The van der Waals surface area contributed by atoms with Crippen molar-refractivity contribution in [3.05, 3.63) is 59.7 Å². The van der Waals surface area contributed by atoms with Crippen LogP contribution >= 0.6 is 0 Å². The summed E-state index contributed by atoms with van der Waals surface area (Å²) >= 11 is 0. The van der Waals surface area contributed by atoms with Crippen LogP contribution in [0.1, 0.15) is 31.9 Å². The summed E-state index contributed by atoms with van der Waals surface area (Å²) in [5.74, 6) is 0.0324. The number of phenols is 1. The number of hydrazone groups is 1. The highest BCUT2D eigenvalue weighted by molar-refractivity contribution is 7.89. The van der Waals surface area contributed by atoms with E-state index in [-0.39, 0.29) is 16.1 Å². The maximum atomic E-state index is 12.2. The monoisotopic (exact) mass is 332 g/mol. The number of hydrogen-bond donors (Lipinski definition) is 2. The lowest BCUT2D eigenvalue weighted by atomic mass is 9.87. The van der Waals surface area contributed by atoms with Gasteiger partial charge in [0.2, 0.25) is 0 Å². The highest BCUT2D eigenvalue weighted by atomic mass is 32.2. The Balaban J connectivity index is 2.15. The summed E-state index contributed by atoms with van der Waals surface area (Å²) in [7, 11) is -3.74. The summed E-state index contributed by atoms with van der Waals surface area (Å²) in [5.41, 5.74) is 1.44. The minimum absolute atomic E-state index is 0.0324. The van der Waals surface area contributed by atoms with Gasteiger partial charge in [0.15, 0.2) is 0 Å². The molecular formula is C17H20N2O3S. The number of para-hydroxylation sites is 1. The maximum Gasteiger partial charge on any atom is 0.276 e. The Morgan fingerprint density at radius 2 is 1.65 bits per heavy atom. The summed E-state index contributed by atoms with van der Waals surface area (Å²) in [5, 5.41) is 13.3. The van der Waals surface area contributed by atoms with Crippen molar-refractivity contribution in [3.8, 4) is 5.75 Å². The van der Waals surface area contributed by atoms with Crippen LogP contribution < -0.4 is 4.83 Å². The maximum absolute atomic E-state index is 12.2. The van der Waals surface area contributed by atoms with E-state index in [4.69, 9.17) is 0 Å². The summed E-state index contributed by atoms with van der Waals surface area (Å²) in [6.45, 7) is 6.18. The summed E-state index contributed by atoms with van der Waals surface area (Å²) in [6.07, 6.45) is 1.26. The van der Waals surface area contributed by atoms with Crippen molar-refractivity contribution in [2.45, 2.75) is 31.1 Å². The minimum Gasteiger partial charge on any atom is -0.507 e. The smallest absolute Gasteiger partial charge is 0.276 e. The Morgan fingerprint density at radius 1 is 1.04 bits per heavy atom. The first-order valence-corrected chi connectivity index (χ1v) is 8.62.